The topological polar surface area (TPSA) is 101 Å². The molecule has 0 aromatic rings. The number of nitrogens with one attached hydrogen (secondary N) is 1. The summed E-state index contributed by atoms with van der Waals surface area (Å²) in [6.45, 7) is 20.0. The number of hydrogen-bond donors (Lipinski definition) is 2. The third kappa shape index (κ3) is 67.7. The Kier molecular flexibility index (Phi) is 173. The smallest absolute Gasteiger partial charge is 0.545 e. The first-order valence-electron chi connectivity index (χ1n) is 9.04. The van der Waals surface area contributed by atoms with Gasteiger partial charge in [0.2, 0.25) is 0 Å². The van der Waals surface area contributed by atoms with Crippen molar-refractivity contribution in [1.29, 1.82) is 0 Å². The fourth-order valence-corrected chi connectivity index (χ4v) is 2.49. The van der Waals surface area contributed by atoms with Crippen molar-refractivity contribution in [3.8, 4) is 0 Å². The number of halogens is 1. The summed E-state index contributed by atoms with van der Waals surface area (Å²) in [4.78, 5) is 36.0. The standard InChI is InChI=1S/C10H16O.C6H12N.C3H5O2.2CHO.3CH4.HI.2H3P.V.2W.2Y/c1-3-10(11)9-6-4-8(2)5-7-9;1-6-2-4-7-5-3-6;1-2-3(4)5;2*1-2;;;;;;;;;;;/h9H,1,3-7H2,2H3;7H,2-5H2,1H3;1-2H2,(H,4,5);2*1H;3*1H4;1H;2*1H3;;;;;/q-2;4*-1;;;;;;;;2*+2;;. The summed E-state index contributed by atoms with van der Waals surface area (Å²) >= 11 is 0. The molecule has 0 aromatic carbocycles. The minimum Gasteiger partial charge on any atom is -0.545 e. The Labute approximate surface area is 351 Å². The number of hydrogen-bond acceptors (Lipinski definition) is 5. The molecule has 1 aliphatic carbocycles. The molecule has 227 valence electrons. The molecule has 14 heteroatoms. The molecule has 0 aromatic heterocycles. The Bertz CT molecular complexity index is 394. The van der Waals surface area contributed by atoms with Gasteiger partial charge in [-0.15, -0.1) is 30.4 Å². The van der Waals surface area contributed by atoms with Crippen LogP contribution in [0.3, 0.4) is 0 Å². The van der Waals surface area contributed by atoms with Crippen molar-refractivity contribution in [2.45, 2.75) is 87.5 Å². The molecule has 2 atom stereocenters. The Hall–Kier alpha value is 4.20. The molecule has 0 spiro atoms. The Balaban J connectivity index is -0.0000000162. The monoisotopic (exact) mass is 1220 g/mol. The van der Waals surface area contributed by atoms with Crippen molar-refractivity contribution >= 4 is 69.1 Å². The molecule has 2 unspecified atom stereocenters. The van der Waals surface area contributed by atoms with Crippen LogP contribution in [0.2, 0.25) is 0 Å². The molecule has 3 radical (unpaired) electrons. The van der Waals surface area contributed by atoms with E-state index in [-0.39, 0.29) is 199 Å². The fraction of sp³-hybridized carbons (Fsp3) is 0.667. The molecule has 0 amide bonds. The normalized spacial score (nSPS) is 12.2. The molecule has 2 fully saturated rings. The van der Waals surface area contributed by atoms with Crippen LogP contribution in [-0.4, -0.2) is 43.5 Å². The second-order valence-electron chi connectivity index (χ2n) is 6.30. The van der Waals surface area contributed by atoms with Crippen molar-refractivity contribution in [3.05, 3.63) is 25.7 Å². The number of piperidine rings is 1. The van der Waals surface area contributed by atoms with E-state index < -0.39 is 5.97 Å². The van der Waals surface area contributed by atoms with E-state index in [1.807, 2.05) is 0 Å². The molecule has 6 nitrogen and oxygen atoms in total. The van der Waals surface area contributed by atoms with E-state index in [1.165, 1.54) is 25.9 Å². The van der Waals surface area contributed by atoms with Gasteiger partial charge in [0, 0.05) is 89.9 Å². The number of rotatable bonds is 3. The van der Waals surface area contributed by atoms with Crippen LogP contribution in [-0.2, 0) is 145 Å². The van der Waals surface area contributed by atoms with E-state index in [1.54, 1.807) is 11.8 Å². The molecule has 2 N–H and O–H groups in total. The molecule has 0 bridgehead atoms. The number of carbonyl (C=O) groups excluding carboxylic acids is 3. The number of carboxylic acid groups (broad SMARTS) is 1. The van der Waals surface area contributed by atoms with Crippen molar-refractivity contribution in [2.75, 3.05) is 13.1 Å². The Morgan fingerprint density at radius 1 is 0.816 bits per heavy atom. The molecule has 1 saturated heterocycles. The van der Waals surface area contributed by atoms with Gasteiger partial charge in [0.05, 0.1) is 0 Å². The second-order valence-corrected chi connectivity index (χ2v) is 6.30. The van der Waals surface area contributed by atoms with Gasteiger partial charge in [-0.2, -0.15) is 59.3 Å². The van der Waals surface area contributed by atoms with Crippen molar-refractivity contribution in [3.63, 3.8) is 0 Å². The molecule has 1 heterocycles. The van der Waals surface area contributed by atoms with Gasteiger partial charge in [0.15, 0.2) is 0 Å². The number of carboxylic acids is 1. The second kappa shape index (κ2) is 73.0. The van der Waals surface area contributed by atoms with E-state index in [2.05, 4.69) is 46.6 Å². The minimum atomic E-state index is -0.856. The van der Waals surface area contributed by atoms with Crippen LogP contribution in [0.1, 0.15) is 87.5 Å². The van der Waals surface area contributed by atoms with Crippen LogP contribution in [0.15, 0.2) is 0 Å². The van der Waals surface area contributed by atoms with E-state index in [0.29, 0.717) is 18.1 Å². The fourth-order valence-electron chi connectivity index (χ4n) is 2.49. The van der Waals surface area contributed by atoms with Gasteiger partial charge in [-0.3, -0.25) is 18.4 Å². The van der Waals surface area contributed by atoms with Gasteiger partial charge in [0.25, 0.3) is 5.97 Å². The first kappa shape index (κ1) is 90.1. The first-order chi connectivity index (χ1) is 12.9. The van der Waals surface area contributed by atoms with E-state index in [4.69, 9.17) is 14.7 Å². The summed E-state index contributed by atoms with van der Waals surface area (Å²) < 4.78 is 0. The Morgan fingerprint density at radius 2 is 1.08 bits per heavy atom. The van der Waals surface area contributed by atoms with Gasteiger partial charge < -0.3 is 50.5 Å². The van der Waals surface area contributed by atoms with Crippen LogP contribution in [0.25, 0.3) is 0 Å². The average molecular weight is 1220 g/mol. The third-order valence-electron chi connectivity index (χ3n) is 4.21. The van der Waals surface area contributed by atoms with Crippen LogP contribution >= 0.6 is 43.8 Å². The minimum absolute atomic E-state index is 0. The SMILES string of the molecule is C.C.C.C[C-]1CCNCC1.I.P.P.[CH-]=O.[CH-]=O.[CH2-]CC(=O)C1CC[C-](C)CC1.[CH2-]CC(=O)O.[V].[W+2].[W+2].[Y].[Y]. The number of aliphatic carboxylic acids is 1. The van der Waals surface area contributed by atoms with E-state index in [0.717, 1.165) is 25.7 Å². The summed E-state index contributed by atoms with van der Waals surface area (Å²) in [5, 5.41) is 11.0. The van der Waals surface area contributed by atoms with Gasteiger partial charge in [-0.05, 0) is 13.1 Å². The van der Waals surface area contributed by atoms with Crippen LogP contribution < -0.4 is 5.32 Å². The maximum atomic E-state index is 11.2. The number of carbonyl (C=O) groups is 2. The quantitative estimate of drug-likeness (QED) is 0.158. The molecule has 2 rings (SSSR count). The van der Waals surface area contributed by atoms with Crippen molar-refractivity contribution in [2.24, 2.45) is 5.92 Å². The summed E-state index contributed by atoms with van der Waals surface area (Å²) in [6.07, 6.45) is 7.47. The molecular formula is C24H54INO5P2VW2Y2-2. The van der Waals surface area contributed by atoms with Gasteiger partial charge >= 0.3 is 42.1 Å². The molecule has 1 aliphatic heterocycles. The molecule has 38 heavy (non-hydrogen) atoms. The zero-order chi connectivity index (χ0) is 21.7. The zero-order valence-corrected chi connectivity index (χ0v) is 39.1. The summed E-state index contributed by atoms with van der Waals surface area (Å²) in [7, 11) is 0. The van der Waals surface area contributed by atoms with Crippen molar-refractivity contribution in [1.82, 2.24) is 5.32 Å². The largest absolute Gasteiger partial charge is 2.00 e. The van der Waals surface area contributed by atoms with Crippen LogP contribution in [0.5, 0.6) is 0 Å². The van der Waals surface area contributed by atoms with Gasteiger partial charge in [-0.1, -0.05) is 41.5 Å². The number of Topliss-reactive ketones (excluding diaryl/α,β-unsaturated/α-hetero) is 1. The Morgan fingerprint density at radius 3 is 1.26 bits per heavy atom. The molecule has 1 saturated carbocycles. The van der Waals surface area contributed by atoms with Gasteiger partial charge in [0.1, 0.15) is 5.78 Å². The van der Waals surface area contributed by atoms with Crippen LogP contribution in [0, 0.1) is 31.6 Å². The van der Waals surface area contributed by atoms with Gasteiger partial charge in [-0.25, -0.2) is 0 Å². The average Bonchev–Trinajstić information content (AvgIpc) is 2.72. The third-order valence-corrected chi connectivity index (χ3v) is 4.21. The van der Waals surface area contributed by atoms with E-state index in [9.17, 15) is 9.59 Å². The maximum absolute atomic E-state index is 11.2. The van der Waals surface area contributed by atoms with Crippen molar-refractivity contribution < 1.29 is 150 Å². The van der Waals surface area contributed by atoms with Crippen LogP contribution in [0.4, 0.5) is 0 Å². The maximum Gasteiger partial charge on any atom is 2.00 e. The predicted molar refractivity (Wildman–Crippen MR) is 166 cm³/mol. The van der Waals surface area contributed by atoms with E-state index >= 15 is 0 Å². The summed E-state index contributed by atoms with van der Waals surface area (Å²) in [5.74, 6) is 3.04. The molecular weight excluding hydrogens is 1170 g/mol. The molecule has 2 aliphatic rings. The zero-order valence-electron chi connectivity index (χ0n) is 21.0. The summed E-state index contributed by atoms with van der Waals surface area (Å²) in [6, 6.07) is 0. The first-order valence-corrected chi connectivity index (χ1v) is 9.04. The summed E-state index contributed by atoms with van der Waals surface area (Å²) in [5.41, 5.74) is 0. The predicted octanol–water partition coefficient (Wildman–Crippen LogP) is 5.91. The number of ketones is 1.